The summed E-state index contributed by atoms with van der Waals surface area (Å²) in [6.07, 6.45) is 0. The predicted octanol–water partition coefficient (Wildman–Crippen LogP) is 4.75. The second-order valence-electron chi connectivity index (χ2n) is 5.11. The van der Waals surface area contributed by atoms with Crippen molar-refractivity contribution >= 4 is 27.8 Å². The van der Waals surface area contributed by atoms with Gasteiger partial charge in [0.2, 0.25) is 0 Å². The minimum absolute atomic E-state index is 0.754. The van der Waals surface area contributed by atoms with Crippen molar-refractivity contribution in [3.05, 3.63) is 59.0 Å². The van der Waals surface area contributed by atoms with Gasteiger partial charge in [-0.3, -0.25) is 0 Å². The number of hydrogen-bond donors (Lipinski definition) is 2. The molecule has 0 atom stereocenters. The van der Waals surface area contributed by atoms with Crippen molar-refractivity contribution in [1.82, 2.24) is 4.98 Å². The smallest absolute Gasteiger partial charge is 0.187 e. The first kappa shape index (κ1) is 13.6. The number of rotatable bonds is 3. The van der Waals surface area contributed by atoms with Crippen LogP contribution < -0.4 is 11.1 Å². The number of nitrogens with two attached hydrogens (primary N) is 1. The standard InChI is InChI=1S/C17H17N3S/c1-11-6-7-15(12(2)8-11)19-17-20-16(10-21-17)13-4-3-5-14(18)9-13/h3-10H,18H2,1-2H3,(H,19,20). The molecule has 3 N–H and O–H groups in total. The highest BCUT2D eigenvalue weighted by Gasteiger charge is 2.06. The van der Waals surface area contributed by atoms with Gasteiger partial charge in [-0.1, -0.05) is 29.8 Å². The molecule has 0 spiro atoms. The Kier molecular flexibility index (Phi) is 3.62. The van der Waals surface area contributed by atoms with Gasteiger partial charge in [0.1, 0.15) is 0 Å². The molecule has 0 radical (unpaired) electrons. The van der Waals surface area contributed by atoms with Gasteiger partial charge in [-0.25, -0.2) is 4.98 Å². The molecular weight excluding hydrogens is 278 g/mol. The predicted molar refractivity (Wildman–Crippen MR) is 91.2 cm³/mol. The number of nitrogens with zero attached hydrogens (tertiary/aromatic N) is 1. The maximum atomic E-state index is 5.82. The van der Waals surface area contributed by atoms with Crippen LogP contribution in [0.3, 0.4) is 0 Å². The molecule has 0 saturated carbocycles. The minimum Gasteiger partial charge on any atom is -0.399 e. The molecular formula is C17H17N3S. The third-order valence-electron chi connectivity index (χ3n) is 3.31. The SMILES string of the molecule is Cc1ccc(Nc2nc(-c3cccc(N)c3)cs2)c(C)c1. The van der Waals surface area contributed by atoms with Crippen molar-refractivity contribution in [3.8, 4) is 11.3 Å². The first-order chi connectivity index (χ1) is 10.1. The highest BCUT2D eigenvalue weighted by atomic mass is 32.1. The van der Waals surface area contributed by atoms with Gasteiger partial charge in [-0.2, -0.15) is 0 Å². The molecule has 4 heteroatoms. The van der Waals surface area contributed by atoms with Crippen LogP contribution in [0.4, 0.5) is 16.5 Å². The van der Waals surface area contributed by atoms with E-state index >= 15 is 0 Å². The third-order valence-corrected chi connectivity index (χ3v) is 4.07. The van der Waals surface area contributed by atoms with Gasteiger partial charge in [0.05, 0.1) is 5.69 Å². The van der Waals surface area contributed by atoms with Gasteiger partial charge in [0.25, 0.3) is 0 Å². The Balaban J connectivity index is 1.85. The summed E-state index contributed by atoms with van der Waals surface area (Å²) in [5, 5.41) is 6.31. The quantitative estimate of drug-likeness (QED) is 0.685. The summed E-state index contributed by atoms with van der Waals surface area (Å²) >= 11 is 1.59. The van der Waals surface area contributed by atoms with E-state index in [1.807, 2.05) is 29.6 Å². The average molecular weight is 295 g/mol. The fourth-order valence-corrected chi connectivity index (χ4v) is 2.96. The van der Waals surface area contributed by atoms with E-state index in [2.05, 4.69) is 42.3 Å². The number of aryl methyl sites for hydroxylation is 2. The summed E-state index contributed by atoms with van der Waals surface area (Å²) in [5.41, 5.74) is 12.1. The van der Waals surface area contributed by atoms with E-state index in [9.17, 15) is 0 Å². The van der Waals surface area contributed by atoms with Crippen LogP contribution in [-0.4, -0.2) is 4.98 Å². The lowest BCUT2D eigenvalue weighted by molar-refractivity contribution is 1.34. The maximum Gasteiger partial charge on any atom is 0.187 e. The molecule has 3 rings (SSSR count). The number of nitrogen functional groups attached to an aromatic ring is 1. The summed E-state index contributed by atoms with van der Waals surface area (Å²) < 4.78 is 0. The summed E-state index contributed by atoms with van der Waals surface area (Å²) in [6.45, 7) is 4.19. The lowest BCUT2D eigenvalue weighted by Crippen LogP contribution is -1.93. The number of benzene rings is 2. The Morgan fingerprint density at radius 2 is 1.95 bits per heavy atom. The van der Waals surface area contributed by atoms with Crippen LogP contribution in [0.1, 0.15) is 11.1 Å². The summed E-state index contributed by atoms with van der Waals surface area (Å²) in [4.78, 5) is 4.63. The van der Waals surface area contributed by atoms with Crippen molar-refractivity contribution in [1.29, 1.82) is 0 Å². The van der Waals surface area contributed by atoms with E-state index in [0.29, 0.717) is 0 Å². The van der Waals surface area contributed by atoms with Crippen LogP contribution >= 0.6 is 11.3 Å². The van der Waals surface area contributed by atoms with Crippen molar-refractivity contribution in [3.63, 3.8) is 0 Å². The van der Waals surface area contributed by atoms with E-state index in [4.69, 9.17) is 5.73 Å². The van der Waals surface area contributed by atoms with E-state index in [1.165, 1.54) is 11.1 Å². The Morgan fingerprint density at radius 1 is 1.10 bits per heavy atom. The van der Waals surface area contributed by atoms with Crippen LogP contribution in [0, 0.1) is 13.8 Å². The van der Waals surface area contributed by atoms with Crippen LogP contribution in [-0.2, 0) is 0 Å². The van der Waals surface area contributed by atoms with Gasteiger partial charge in [0, 0.05) is 22.3 Å². The van der Waals surface area contributed by atoms with Crippen molar-refractivity contribution in [2.75, 3.05) is 11.1 Å². The van der Waals surface area contributed by atoms with Crippen LogP contribution in [0.2, 0.25) is 0 Å². The summed E-state index contributed by atoms with van der Waals surface area (Å²) in [6, 6.07) is 14.1. The zero-order valence-electron chi connectivity index (χ0n) is 12.1. The Hall–Kier alpha value is -2.33. The molecule has 0 aliphatic rings. The highest BCUT2D eigenvalue weighted by Crippen LogP contribution is 2.29. The molecule has 0 aliphatic heterocycles. The van der Waals surface area contributed by atoms with Crippen molar-refractivity contribution in [2.45, 2.75) is 13.8 Å². The molecule has 3 aromatic rings. The second-order valence-corrected chi connectivity index (χ2v) is 5.96. The highest BCUT2D eigenvalue weighted by molar-refractivity contribution is 7.14. The number of thiazole rings is 1. The first-order valence-corrected chi connectivity index (χ1v) is 7.65. The van der Waals surface area contributed by atoms with Crippen molar-refractivity contribution < 1.29 is 0 Å². The Labute approximate surface area is 128 Å². The number of hydrogen-bond acceptors (Lipinski definition) is 4. The normalized spacial score (nSPS) is 10.6. The zero-order chi connectivity index (χ0) is 14.8. The molecule has 2 aromatic carbocycles. The van der Waals surface area contributed by atoms with E-state index < -0.39 is 0 Å². The van der Waals surface area contributed by atoms with Gasteiger partial charge >= 0.3 is 0 Å². The van der Waals surface area contributed by atoms with Crippen molar-refractivity contribution in [2.24, 2.45) is 0 Å². The van der Waals surface area contributed by atoms with Crippen LogP contribution in [0.25, 0.3) is 11.3 Å². The molecule has 21 heavy (non-hydrogen) atoms. The second kappa shape index (κ2) is 5.58. The first-order valence-electron chi connectivity index (χ1n) is 6.77. The molecule has 0 fully saturated rings. The molecule has 0 saturated heterocycles. The molecule has 0 amide bonds. The summed E-state index contributed by atoms with van der Waals surface area (Å²) in [5.74, 6) is 0. The average Bonchev–Trinajstić information content (AvgIpc) is 2.91. The number of aromatic nitrogens is 1. The maximum absolute atomic E-state index is 5.82. The Bertz CT molecular complexity index is 777. The van der Waals surface area contributed by atoms with Gasteiger partial charge in [0.15, 0.2) is 5.13 Å². The van der Waals surface area contributed by atoms with Gasteiger partial charge in [-0.05, 0) is 37.6 Å². The molecule has 0 aliphatic carbocycles. The molecule has 3 nitrogen and oxygen atoms in total. The fraction of sp³-hybridized carbons (Fsp3) is 0.118. The third kappa shape index (κ3) is 3.06. The molecule has 0 bridgehead atoms. The topological polar surface area (TPSA) is 50.9 Å². The summed E-state index contributed by atoms with van der Waals surface area (Å²) in [7, 11) is 0. The minimum atomic E-state index is 0.754. The lowest BCUT2D eigenvalue weighted by Gasteiger charge is -2.07. The van der Waals surface area contributed by atoms with Gasteiger partial charge < -0.3 is 11.1 Å². The molecule has 0 unspecified atom stereocenters. The van der Waals surface area contributed by atoms with E-state index in [0.717, 1.165) is 27.8 Å². The molecule has 1 heterocycles. The molecule has 106 valence electrons. The number of nitrogens with one attached hydrogen (secondary N) is 1. The molecule has 1 aromatic heterocycles. The Morgan fingerprint density at radius 3 is 2.71 bits per heavy atom. The van der Waals surface area contributed by atoms with E-state index in [-0.39, 0.29) is 0 Å². The van der Waals surface area contributed by atoms with Gasteiger partial charge in [-0.15, -0.1) is 11.3 Å². The van der Waals surface area contributed by atoms with Crippen LogP contribution in [0.5, 0.6) is 0 Å². The van der Waals surface area contributed by atoms with Crippen LogP contribution in [0.15, 0.2) is 47.8 Å². The fourth-order valence-electron chi connectivity index (χ4n) is 2.23. The lowest BCUT2D eigenvalue weighted by atomic mass is 10.1. The zero-order valence-corrected chi connectivity index (χ0v) is 12.9. The number of anilines is 3. The largest absolute Gasteiger partial charge is 0.399 e. The monoisotopic (exact) mass is 295 g/mol. The van der Waals surface area contributed by atoms with E-state index in [1.54, 1.807) is 11.3 Å².